The highest BCUT2D eigenvalue weighted by molar-refractivity contribution is 5.92. The molecule has 0 spiro atoms. The second kappa shape index (κ2) is 5.74. The standard InChI is InChI=1S/C13H15F2N5O2/c14-12(15)19-6-1-2-9(19)11(21)16-8-3-4-10-17-18-13(22)20(10)7-5-8/h1-2,6,8,12H,3-5,7H2,(H,16,21)(H,18,22). The van der Waals surface area contributed by atoms with Gasteiger partial charge in [0.05, 0.1) is 0 Å². The molecule has 1 amide bonds. The van der Waals surface area contributed by atoms with Crippen LogP contribution < -0.4 is 11.0 Å². The van der Waals surface area contributed by atoms with E-state index < -0.39 is 12.5 Å². The van der Waals surface area contributed by atoms with Crippen LogP contribution in [0.1, 0.15) is 35.7 Å². The van der Waals surface area contributed by atoms with Gasteiger partial charge in [0.25, 0.3) is 5.91 Å². The highest BCUT2D eigenvalue weighted by Crippen LogP contribution is 2.16. The van der Waals surface area contributed by atoms with Crippen LogP contribution in [0.4, 0.5) is 8.78 Å². The highest BCUT2D eigenvalue weighted by atomic mass is 19.3. The summed E-state index contributed by atoms with van der Waals surface area (Å²) in [6.07, 6.45) is 2.86. The molecular formula is C13H15F2N5O2. The maximum Gasteiger partial charge on any atom is 0.343 e. The molecular weight excluding hydrogens is 296 g/mol. The van der Waals surface area contributed by atoms with Gasteiger partial charge in [0.15, 0.2) is 0 Å². The smallest absolute Gasteiger partial charge is 0.343 e. The summed E-state index contributed by atoms with van der Waals surface area (Å²) in [6.45, 7) is -2.32. The summed E-state index contributed by atoms with van der Waals surface area (Å²) in [5.41, 5.74) is -0.344. The van der Waals surface area contributed by atoms with Crippen molar-refractivity contribution in [2.75, 3.05) is 0 Å². The number of hydrogen-bond donors (Lipinski definition) is 2. The minimum absolute atomic E-state index is 0.0742. The number of aryl methyl sites for hydroxylation is 1. The maximum atomic E-state index is 12.8. The van der Waals surface area contributed by atoms with Gasteiger partial charge in [-0.05, 0) is 25.0 Å². The fourth-order valence-electron chi connectivity index (χ4n) is 2.66. The number of halogens is 2. The number of nitrogens with zero attached hydrogens (tertiary/aromatic N) is 3. The lowest BCUT2D eigenvalue weighted by Crippen LogP contribution is -2.36. The monoisotopic (exact) mass is 311 g/mol. The predicted octanol–water partition coefficient (Wildman–Crippen LogP) is 0.903. The average Bonchev–Trinajstić information content (AvgIpc) is 3.04. The number of alkyl halides is 2. The third kappa shape index (κ3) is 2.66. The zero-order chi connectivity index (χ0) is 15.7. The summed E-state index contributed by atoms with van der Waals surface area (Å²) < 4.78 is 27.7. The van der Waals surface area contributed by atoms with E-state index in [4.69, 9.17) is 0 Å². The fourth-order valence-corrected chi connectivity index (χ4v) is 2.66. The second-order valence-electron chi connectivity index (χ2n) is 5.17. The summed E-state index contributed by atoms with van der Waals surface area (Å²) in [5.74, 6) is 0.112. The molecule has 0 fully saturated rings. The van der Waals surface area contributed by atoms with E-state index in [1.54, 1.807) is 0 Å². The number of nitrogens with one attached hydrogen (secondary N) is 2. The molecule has 2 aromatic heterocycles. The minimum atomic E-state index is -2.76. The Morgan fingerprint density at radius 3 is 3.05 bits per heavy atom. The van der Waals surface area contributed by atoms with Gasteiger partial charge >= 0.3 is 12.2 Å². The number of H-pyrrole nitrogens is 1. The van der Waals surface area contributed by atoms with Crippen molar-refractivity contribution in [2.24, 2.45) is 0 Å². The maximum absolute atomic E-state index is 12.8. The van der Waals surface area contributed by atoms with E-state index >= 15 is 0 Å². The van der Waals surface area contributed by atoms with Gasteiger partial charge in [-0.25, -0.2) is 9.89 Å². The molecule has 0 saturated carbocycles. The van der Waals surface area contributed by atoms with Crippen molar-refractivity contribution in [2.45, 2.75) is 38.4 Å². The number of aromatic nitrogens is 4. The molecule has 9 heteroatoms. The van der Waals surface area contributed by atoms with Gasteiger partial charge in [0.2, 0.25) is 0 Å². The quantitative estimate of drug-likeness (QED) is 0.883. The molecule has 3 rings (SSSR count). The topological polar surface area (TPSA) is 84.7 Å². The molecule has 1 atom stereocenters. The summed E-state index contributed by atoms with van der Waals surface area (Å²) in [7, 11) is 0. The normalized spacial score (nSPS) is 18.0. The predicted molar refractivity (Wildman–Crippen MR) is 72.7 cm³/mol. The van der Waals surface area contributed by atoms with Crippen LogP contribution >= 0.6 is 0 Å². The van der Waals surface area contributed by atoms with Crippen molar-refractivity contribution in [1.82, 2.24) is 24.6 Å². The molecule has 2 aromatic rings. The Morgan fingerprint density at radius 2 is 2.27 bits per heavy atom. The zero-order valence-electron chi connectivity index (χ0n) is 11.6. The lowest BCUT2D eigenvalue weighted by Gasteiger charge is -2.16. The number of rotatable bonds is 3. The molecule has 1 aliphatic rings. The second-order valence-corrected chi connectivity index (χ2v) is 5.17. The molecule has 0 aliphatic carbocycles. The number of hydrogen-bond acceptors (Lipinski definition) is 3. The van der Waals surface area contributed by atoms with E-state index in [9.17, 15) is 18.4 Å². The first-order valence-electron chi connectivity index (χ1n) is 6.96. The van der Waals surface area contributed by atoms with Crippen molar-refractivity contribution < 1.29 is 13.6 Å². The molecule has 1 unspecified atom stereocenters. The van der Waals surface area contributed by atoms with Crippen LogP contribution in [-0.2, 0) is 13.0 Å². The van der Waals surface area contributed by atoms with Gasteiger partial charge in [-0.2, -0.15) is 13.9 Å². The van der Waals surface area contributed by atoms with E-state index in [2.05, 4.69) is 15.5 Å². The van der Waals surface area contributed by atoms with Crippen LogP contribution in [-0.4, -0.2) is 31.3 Å². The van der Waals surface area contributed by atoms with Crippen LogP contribution in [0.25, 0.3) is 0 Å². The Morgan fingerprint density at radius 1 is 1.45 bits per heavy atom. The molecule has 0 saturated heterocycles. The van der Waals surface area contributed by atoms with Crippen molar-refractivity contribution in [3.8, 4) is 0 Å². The molecule has 22 heavy (non-hydrogen) atoms. The molecule has 2 N–H and O–H groups in total. The fraction of sp³-hybridized carbons (Fsp3) is 0.462. The number of amides is 1. The van der Waals surface area contributed by atoms with E-state index in [0.717, 1.165) is 0 Å². The van der Waals surface area contributed by atoms with Crippen molar-refractivity contribution in [3.05, 3.63) is 40.3 Å². The lowest BCUT2D eigenvalue weighted by molar-refractivity contribution is 0.0630. The number of aromatic amines is 1. The van der Waals surface area contributed by atoms with Gasteiger partial charge < -0.3 is 5.32 Å². The SMILES string of the molecule is O=C(NC1CCc2n[nH]c(=O)n2CC1)c1cccn1C(F)F. The van der Waals surface area contributed by atoms with Gasteiger partial charge in [-0.3, -0.25) is 13.9 Å². The Hall–Kier alpha value is -2.45. The Bertz CT molecular complexity index is 733. The summed E-state index contributed by atoms with van der Waals surface area (Å²) in [6, 6.07) is 2.58. The summed E-state index contributed by atoms with van der Waals surface area (Å²) in [4.78, 5) is 23.7. The molecule has 1 aliphatic heterocycles. The highest BCUT2D eigenvalue weighted by Gasteiger charge is 2.22. The van der Waals surface area contributed by atoms with Crippen LogP contribution in [0.15, 0.2) is 23.1 Å². The Balaban J connectivity index is 1.68. The van der Waals surface area contributed by atoms with Gasteiger partial charge in [0.1, 0.15) is 11.5 Å². The van der Waals surface area contributed by atoms with Gasteiger partial charge in [0, 0.05) is 25.2 Å². The molecule has 0 aromatic carbocycles. The number of fused-ring (bicyclic) bond motifs is 1. The van der Waals surface area contributed by atoms with Crippen molar-refractivity contribution >= 4 is 5.91 Å². The van der Waals surface area contributed by atoms with E-state index in [1.165, 1.54) is 22.9 Å². The number of carbonyl (C=O) groups excluding carboxylic acids is 1. The molecule has 7 nitrogen and oxygen atoms in total. The summed E-state index contributed by atoms with van der Waals surface area (Å²) >= 11 is 0. The van der Waals surface area contributed by atoms with Crippen molar-refractivity contribution in [1.29, 1.82) is 0 Å². The van der Waals surface area contributed by atoms with E-state index in [1.807, 2.05) is 0 Å². The first kappa shape index (κ1) is 14.5. The lowest BCUT2D eigenvalue weighted by atomic mass is 10.1. The van der Waals surface area contributed by atoms with Gasteiger partial charge in [-0.15, -0.1) is 0 Å². The van der Waals surface area contributed by atoms with E-state index in [0.29, 0.717) is 36.2 Å². The third-order valence-corrected chi connectivity index (χ3v) is 3.81. The molecule has 118 valence electrons. The molecule has 3 heterocycles. The number of carbonyl (C=O) groups is 1. The first-order valence-corrected chi connectivity index (χ1v) is 6.96. The van der Waals surface area contributed by atoms with E-state index in [-0.39, 0.29) is 17.4 Å². The zero-order valence-corrected chi connectivity index (χ0v) is 11.6. The average molecular weight is 311 g/mol. The van der Waals surface area contributed by atoms with Crippen molar-refractivity contribution in [3.63, 3.8) is 0 Å². The van der Waals surface area contributed by atoms with Crippen LogP contribution in [0.3, 0.4) is 0 Å². The van der Waals surface area contributed by atoms with Crippen LogP contribution in [0.2, 0.25) is 0 Å². The summed E-state index contributed by atoms with van der Waals surface area (Å²) in [5, 5.41) is 9.07. The van der Waals surface area contributed by atoms with Crippen LogP contribution in [0, 0.1) is 0 Å². The molecule has 0 bridgehead atoms. The van der Waals surface area contributed by atoms with Crippen LogP contribution in [0.5, 0.6) is 0 Å². The third-order valence-electron chi connectivity index (χ3n) is 3.81. The van der Waals surface area contributed by atoms with Gasteiger partial charge in [-0.1, -0.05) is 0 Å². The molecule has 0 radical (unpaired) electrons. The first-order chi connectivity index (χ1) is 10.6. The largest absolute Gasteiger partial charge is 0.348 e. The minimum Gasteiger partial charge on any atom is -0.348 e. The Labute approximate surface area is 123 Å². The Kier molecular flexibility index (Phi) is 3.78.